The minimum atomic E-state index is -5.08. The van der Waals surface area contributed by atoms with E-state index >= 15 is 0 Å². The fraction of sp³-hybridized carbons (Fsp3) is 0.360. The minimum absolute atomic E-state index is 0.163. The number of halogens is 8. The number of carboxylic acids is 2. The molecule has 3 aromatic rings. The van der Waals surface area contributed by atoms with Crippen LogP contribution in [0.2, 0.25) is 0 Å². The first-order chi connectivity index (χ1) is 20.9. The van der Waals surface area contributed by atoms with Crippen LogP contribution < -0.4 is 21.6 Å². The Bertz CT molecular complexity index is 1480. The predicted molar refractivity (Wildman–Crippen MR) is 146 cm³/mol. The highest BCUT2D eigenvalue weighted by Gasteiger charge is 2.38. The number of thiophene rings is 1. The van der Waals surface area contributed by atoms with Gasteiger partial charge in [0.2, 0.25) is 0 Å². The van der Waals surface area contributed by atoms with E-state index in [-0.39, 0.29) is 30.9 Å². The normalized spacial score (nSPS) is 13.2. The molecule has 0 atom stereocenters. The van der Waals surface area contributed by atoms with Crippen LogP contribution in [0.5, 0.6) is 0 Å². The largest absolute Gasteiger partial charge is 0.490 e. The van der Waals surface area contributed by atoms with Crippen molar-refractivity contribution in [3.05, 3.63) is 68.6 Å². The predicted octanol–water partition coefficient (Wildman–Crippen LogP) is 3.68. The van der Waals surface area contributed by atoms with Crippen molar-refractivity contribution in [2.75, 3.05) is 37.6 Å². The number of carbonyl (C=O) groups is 2. The number of piperazine rings is 1. The highest BCUT2D eigenvalue weighted by atomic mass is 32.1. The average Bonchev–Trinajstić information content (AvgIpc) is 3.58. The molecule has 0 amide bonds. The number of alkyl halides is 6. The number of aliphatic carboxylic acids is 2. The number of hydrogen-bond donors (Lipinski definition) is 5. The average molecular weight is 675 g/mol. The maximum atomic E-state index is 13.0. The van der Waals surface area contributed by atoms with Crippen molar-refractivity contribution in [1.82, 2.24) is 20.1 Å². The lowest BCUT2D eigenvalue weighted by atomic mass is 10.1. The number of anilines is 1. The second-order valence-electron chi connectivity index (χ2n) is 8.97. The van der Waals surface area contributed by atoms with Gasteiger partial charge in [-0.15, -0.1) is 11.3 Å². The lowest BCUT2D eigenvalue weighted by molar-refractivity contribution is -0.193. The topological polar surface area (TPSA) is 167 Å². The maximum Gasteiger partial charge on any atom is 0.490 e. The molecule has 0 spiro atoms. The first-order valence-electron chi connectivity index (χ1n) is 12.5. The zero-order valence-corrected chi connectivity index (χ0v) is 23.7. The van der Waals surface area contributed by atoms with Gasteiger partial charge in [0.15, 0.2) is 0 Å². The molecule has 0 aliphatic carbocycles. The summed E-state index contributed by atoms with van der Waals surface area (Å²) in [6, 6.07) is 10.5. The van der Waals surface area contributed by atoms with Crippen LogP contribution in [0.4, 0.5) is 40.8 Å². The van der Waals surface area contributed by atoms with Crippen molar-refractivity contribution in [2.24, 2.45) is 5.73 Å². The molecule has 0 bridgehead atoms. The molecule has 11 nitrogen and oxygen atoms in total. The third-order valence-electron chi connectivity index (χ3n) is 5.86. The summed E-state index contributed by atoms with van der Waals surface area (Å²) in [6.45, 7) is 3.96. The molecule has 248 valence electrons. The molecule has 1 aromatic carbocycles. The van der Waals surface area contributed by atoms with Gasteiger partial charge in [0.1, 0.15) is 5.82 Å². The van der Waals surface area contributed by atoms with Crippen LogP contribution in [0.3, 0.4) is 0 Å². The third-order valence-corrected chi connectivity index (χ3v) is 6.78. The van der Waals surface area contributed by atoms with Gasteiger partial charge in [0.25, 0.3) is 6.08 Å². The number of aromatic amines is 1. The van der Waals surface area contributed by atoms with Crippen molar-refractivity contribution in [3.8, 4) is 11.1 Å². The minimum Gasteiger partial charge on any atom is -0.475 e. The van der Waals surface area contributed by atoms with Gasteiger partial charge in [-0.2, -0.15) is 40.2 Å². The number of aromatic nitrogens is 3. The van der Waals surface area contributed by atoms with Gasteiger partial charge in [-0.05, 0) is 34.7 Å². The second kappa shape index (κ2) is 16.1. The number of H-pyrrole nitrogens is 1. The van der Waals surface area contributed by atoms with E-state index in [4.69, 9.17) is 25.5 Å². The Hall–Kier alpha value is -4.30. The van der Waals surface area contributed by atoms with Crippen LogP contribution in [0.25, 0.3) is 11.1 Å². The smallest absolute Gasteiger partial charge is 0.475 e. The number of rotatable bonds is 7. The van der Waals surface area contributed by atoms with Gasteiger partial charge in [0.05, 0.1) is 6.54 Å². The van der Waals surface area contributed by atoms with Gasteiger partial charge in [-0.25, -0.2) is 19.5 Å². The van der Waals surface area contributed by atoms with Crippen LogP contribution in [0.15, 0.2) is 52.2 Å². The second-order valence-corrected chi connectivity index (χ2v) is 9.96. The van der Waals surface area contributed by atoms with E-state index in [1.165, 1.54) is 21.6 Å². The Morgan fingerprint density at radius 3 is 1.96 bits per heavy atom. The number of nitrogens with zero attached hydrogens (tertiary/aromatic N) is 3. The summed E-state index contributed by atoms with van der Waals surface area (Å²) in [5, 5.41) is 25.9. The maximum absolute atomic E-state index is 13.0. The molecule has 2 aromatic heterocycles. The molecule has 3 heterocycles. The number of nitrogens with two attached hydrogens (primary N) is 1. The molecule has 4 rings (SSSR count). The summed E-state index contributed by atoms with van der Waals surface area (Å²) in [7, 11) is 0. The molecule has 0 saturated carbocycles. The van der Waals surface area contributed by atoms with Crippen molar-refractivity contribution >= 4 is 29.0 Å². The lowest BCUT2D eigenvalue weighted by Crippen LogP contribution is -2.43. The zero-order chi connectivity index (χ0) is 33.9. The van der Waals surface area contributed by atoms with Gasteiger partial charge in [-0.3, -0.25) is 4.57 Å². The van der Waals surface area contributed by atoms with Crippen LogP contribution in [0.1, 0.15) is 10.7 Å². The van der Waals surface area contributed by atoms with Crippen LogP contribution in [-0.2, 0) is 22.6 Å². The van der Waals surface area contributed by atoms with Crippen molar-refractivity contribution in [3.63, 3.8) is 0 Å². The summed E-state index contributed by atoms with van der Waals surface area (Å²) in [4.78, 5) is 33.2. The van der Waals surface area contributed by atoms with Crippen LogP contribution in [-0.4, -0.2) is 82.0 Å². The molecule has 6 N–H and O–H groups in total. The number of carboxylic acid groups (broad SMARTS) is 2. The summed E-state index contributed by atoms with van der Waals surface area (Å²) in [5.41, 5.74) is 8.09. The van der Waals surface area contributed by atoms with Gasteiger partial charge in [-0.1, -0.05) is 12.1 Å². The van der Waals surface area contributed by atoms with Crippen LogP contribution in [0, 0.1) is 0 Å². The Balaban J connectivity index is 0.000000421. The van der Waals surface area contributed by atoms with Gasteiger partial charge >= 0.3 is 30.0 Å². The van der Waals surface area contributed by atoms with Crippen molar-refractivity contribution in [2.45, 2.75) is 25.3 Å². The number of hydrogen-bond acceptors (Lipinski definition) is 8. The van der Waals surface area contributed by atoms with Crippen molar-refractivity contribution < 1.29 is 54.9 Å². The summed E-state index contributed by atoms with van der Waals surface area (Å²) >= 11 is 1.52. The van der Waals surface area contributed by atoms with Gasteiger partial charge < -0.3 is 26.2 Å². The highest BCUT2D eigenvalue weighted by Crippen LogP contribution is 2.28. The van der Waals surface area contributed by atoms with E-state index in [2.05, 4.69) is 44.7 Å². The SMILES string of the molecule is NCC(Cc1n[nH]c(=O)n1Cc1cc(-c2ccc(N3CCNCC3)cc2)cs1)=C(F)F.O=C(O)C(F)(F)F.O=C(O)C(F)(F)F. The highest BCUT2D eigenvalue weighted by molar-refractivity contribution is 7.10. The van der Waals surface area contributed by atoms with E-state index in [9.17, 15) is 39.9 Å². The standard InChI is InChI=1S/C21H24F2N6OS.2C2HF3O2/c22-20(23)15(11-24)10-19-26-27-21(30)29(19)12-18-9-16(13-31-18)14-1-3-17(4-2-14)28-7-5-25-6-8-28;2*3-2(4,5)1(6)7/h1-4,9,13,25H,5-8,10-12,24H2,(H,27,30);2*(H,6,7). The molecular formula is C25H26F8N6O5S. The zero-order valence-electron chi connectivity index (χ0n) is 22.9. The van der Waals surface area contributed by atoms with Gasteiger partial charge in [0, 0.05) is 55.3 Å². The molecule has 45 heavy (non-hydrogen) atoms. The quantitative estimate of drug-likeness (QED) is 0.235. The Labute approximate surface area is 252 Å². The van der Waals surface area contributed by atoms with E-state index in [0.717, 1.165) is 42.2 Å². The fourth-order valence-corrected chi connectivity index (χ4v) is 4.49. The first-order valence-corrected chi connectivity index (χ1v) is 13.4. The molecular weight excluding hydrogens is 648 g/mol. The number of nitrogens with one attached hydrogen (secondary N) is 2. The van der Waals surface area contributed by atoms with Crippen molar-refractivity contribution in [1.29, 1.82) is 0 Å². The monoisotopic (exact) mass is 674 g/mol. The molecule has 1 aliphatic heterocycles. The molecule has 1 aliphatic rings. The van der Waals surface area contributed by atoms with E-state index < -0.39 is 36.1 Å². The molecule has 20 heteroatoms. The Morgan fingerprint density at radius 2 is 1.49 bits per heavy atom. The first kappa shape index (κ1) is 36.9. The van der Waals surface area contributed by atoms with Crippen LogP contribution >= 0.6 is 11.3 Å². The number of benzene rings is 1. The Morgan fingerprint density at radius 1 is 0.956 bits per heavy atom. The third kappa shape index (κ3) is 11.6. The molecule has 0 radical (unpaired) electrons. The summed E-state index contributed by atoms with van der Waals surface area (Å²) < 4.78 is 90.8. The lowest BCUT2D eigenvalue weighted by Gasteiger charge is -2.29. The molecule has 0 unspecified atom stereocenters. The fourth-order valence-electron chi connectivity index (χ4n) is 3.61. The molecule has 1 fully saturated rings. The summed E-state index contributed by atoms with van der Waals surface area (Å²) in [5.74, 6) is -5.27. The van der Waals surface area contributed by atoms with E-state index in [0.29, 0.717) is 0 Å². The van der Waals surface area contributed by atoms with E-state index in [1.54, 1.807) is 0 Å². The summed E-state index contributed by atoms with van der Waals surface area (Å²) in [6.07, 6.45) is -12.2. The molecule has 1 saturated heterocycles. The van der Waals surface area contributed by atoms with E-state index in [1.807, 2.05) is 11.4 Å². The Kier molecular flexibility index (Phi) is 13.2.